The van der Waals surface area contributed by atoms with Crippen LogP contribution >= 0.6 is 7.82 Å². The molecule has 0 aliphatic rings. The lowest BCUT2D eigenvalue weighted by Crippen LogP contribution is -2.37. The van der Waals surface area contributed by atoms with Crippen LogP contribution in [0.15, 0.2) is 158 Å². The summed E-state index contributed by atoms with van der Waals surface area (Å²) >= 11 is 0. The smallest absolute Gasteiger partial charge is 0.306 e. The third-order valence-electron chi connectivity index (χ3n) is 11.5. The van der Waals surface area contributed by atoms with E-state index in [9.17, 15) is 19.0 Å². The molecule has 76 heavy (non-hydrogen) atoms. The van der Waals surface area contributed by atoms with E-state index in [1.54, 1.807) is 0 Å². The van der Waals surface area contributed by atoms with Gasteiger partial charge in [-0.05, 0) is 122 Å². The van der Waals surface area contributed by atoms with Gasteiger partial charge in [-0.15, -0.1) is 0 Å². The van der Waals surface area contributed by atoms with Gasteiger partial charge in [-0.25, -0.2) is 0 Å². The highest BCUT2D eigenvalue weighted by Gasteiger charge is 2.21. The number of allylic oxidation sites excluding steroid dienone is 26. The molecule has 0 heterocycles. The molecule has 0 N–H and O–H groups in total. The molecule has 0 rings (SSSR count). The Morgan fingerprint density at radius 3 is 1.08 bits per heavy atom. The SMILES string of the molecule is CC/C=C\C/C=C\C/C=C\C/C=C\C/C=C\C/C=C\C/C=C\C/C=C\CCCCC(=O)OC(COC(=O)CCCCCCCCCCC/C=C\C/C=C\C/C=C\C/C=C\C/C=C\CC)COP(=O)([O-])OCC[N+](C)(C)C. The van der Waals surface area contributed by atoms with Crippen LogP contribution in [-0.4, -0.2) is 70.0 Å². The summed E-state index contributed by atoms with van der Waals surface area (Å²) in [5.41, 5.74) is 0. The number of phosphoric acid groups is 1. The Hall–Kier alpha value is -4.37. The highest BCUT2D eigenvalue weighted by molar-refractivity contribution is 7.45. The van der Waals surface area contributed by atoms with Crippen LogP contribution < -0.4 is 4.89 Å². The van der Waals surface area contributed by atoms with Gasteiger partial charge in [-0.3, -0.25) is 14.2 Å². The molecule has 0 aliphatic carbocycles. The lowest BCUT2D eigenvalue weighted by molar-refractivity contribution is -0.870. The Morgan fingerprint density at radius 2 is 0.711 bits per heavy atom. The minimum absolute atomic E-state index is 0.0504. The average molecular weight is 1070 g/mol. The first kappa shape index (κ1) is 71.6. The van der Waals surface area contributed by atoms with E-state index in [-0.39, 0.29) is 26.1 Å². The third kappa shape index (κ3) is 58.9. The first-order chi connectivity index (χ1) is 37.0. The molecule has 2 unspecified atom stereocenters. The fourth-order valence-corrected chi connectivity index (χ4v) is 7.84. The molecule has 0 fully saturated rings. The fraction of sp³-hybridized carbons (Fsp3) is 0.576. The second-order valence-electron chi connectivity index (χ2n) is 19.9. The molecular weight excluding hydrogens is 966 g/mol. The minimum atomic E-state index is -4.66. The van der Waals surface area contributed by atoms with Crippen molar-refractivity contribution >= 4 is 19.8 Å². The Labute approximate surface area is 465 Å². The fourth-order valence-electron chi connectivity index (χ4n) is 7.11. The monoisotopic (exact) mass is 1070 g/mol. The van der Waals surface area contributed by atoms with E-state index in [0.29, 0.717) is 23.9 Å². The first-order valence-corrected chi connectivity index (χ1v) is 30.7. The number of nitrogens with zero attached hydrogens (tertiary/aromatic N) is 1. The quantitative estimate of drug-likeness (QED) is 0.0195. The van der Waals surface area contributed by atoms with E-state index >= 15 is 0 Å². The highest BCUT2D eigenvalue weighted by atomic mass is 31.2. The lowest BCUT2D eigenvalue weighted by Gasteiger charge is -2.28. The van der Waals surface area contributed by atoms with E-state index in [0.717, 1.165) is 122 Å². The number of unbranched alkanes of at least 4 members (excludes halogenated alkanes) is 11. The average Bonchev–Trinajstić information content (AvgIpc) is 3.38. The van der Waals surface area contributed by atoms with E-state index in [1.165, 1.54) is 32.1 Å². The van der Waals surface area contributed by atoms with Gasteiger partial charge in [0, 0.05) is 12.8 Å². The summed E-state index contributed by atoms with van der Waals surface area (Å²) < 4.78 is 34.1. The zero-order chi connectivity index (χ0) is 55.6. The topological polar surface area (TPSA) is 111 Å². The van der Waals surface area contributed by atoms with Crippen LogP contribution in [0, 0.1) is 0 Å². The van der Waals surface area contributed by atoms with Crippen LogP contribution in [0.1, 0.15) is 194 Å². The van der Waals surface area contributed by atoms with Crippen LogP contribution in [0.2, 0.25) is 0 Å². The van der Waals surface area contributed by atoms with Crippen LogP contribution in [0.4, 0.5) is 0 Å². The summed E-state index contributed by atoms with van der Waals surface area (Å²) in [6, 6.07) is 0. The van der Waals surface area contributed by atoms with Crippen LogP contribution in [0.25, 0.3) is 0 Å². The predicted octanol–water partition coefficient (Wildman–Crippen LogP) is 17.8. The number of esters is 2. The standard InChI is InChI=1S/C66H106NO8P/c1-6-8-10-12-14-16-18-20-22-24-26-28-30-32-33-35-37-39-41-43-45-47-49-51-53-55-57-59-66(69)75-64(63-74-76(70,71)73-61-60-67(3,4)5)62-72-65(68)58-56-54-52-50-48-46-44-42-40-38-36-34-31-29-27-25-23-21-19-17-15-13-11-9-7-2/h8-11,14-17,20-23,26-29,32-34,36-37,39,43,45,49,51,64H,6-7,12-13,18-19,24-25,30-31,35,38,40-42,44,46-48,50,52-63H2,1-5H3/b10-8-,11-9-,16-14-,17-15-,22-20-,23-21-,28-26-,29-27-,33-32-,36-34-,39-37-,45-43-,51-49-. The van der Waals surface area contributed by atoms with Gasteiger partial charge in [0.2, 0.25) is 0 Å². The summed E-state index contributed by atoms with van der Waals surface area (Å²) in [5, 5.41) is 0. The summed E-state index contributed by atoms with van der Waals surface area (Å²) in [7, 11) is 1.11. The first-order valence-electron chi connectivity index (χ1n) is 29.2. The number of rotatable bonds is 51. The third-order valence-corrected chi connectivity index (χ3v) is 12.5. The van der Waals surface area contributed by atoms with Gasteiger partial charge in [0.05, 0.1) is 27.7 Å². The molecule has 2 atom stereocenters. The number of quaternary nitrogens is 1. The molecular formula is C66H106NO8P. The Balaban J connectivity index is 4.33. The summed E-state index contributed by atoms with van der Waals surface area (Å²) in [4.78, 5) is 37.9. The number of ether oxygens (including phenoxy) is 2. The van der Waals surface area contributed by atoms with Gasteiger partial charge < -0.3 is 27.9 Å². The zero-order valence-corrected chi connectivity index (χ0v) is 49.3. The summed E-state index contributed by atoms with van der Waals surface area (Å²) in [5.74, 6) is -0.906. The second kappa shape index (κ2) is 55.4. The molecule has 0 bridgehead atoms. The normalized spacial score (nSPS) is 14.4. The van der Waals surface area contributed by atoms with Crippen molar-refractivity contribution in [3.05, 3.63) is 158 Å². The van der Waals surface area contributed by atoms with Crippen LogP contribution in [0.3, 0.4) is 0 Å². The van der Waals surface area contributed by atoms with E-state index in [1.807, 2.05) is 21.1 Å². The number of phosphoric ester groups is 1. The number of likely N-dealkylation sites (N-methyl/N-ethyl adjacent to an activating group) is 1. The molecule has 10 heteroatoms. The van der Waals surface area contributed by atoms with Crippen molar-refractivity contribution < 1.29 is 42.1 Å². The maximum atomic E-state index is 12.8. The number of carbonyl (C=O) groups is 2. The van der Waals surface area contributed by atoms with Gasteiger partial charge >= 0.3 is 11.9 Å². The Kier molecular flexibility index (Phi) is 52.2. The lowest BCUT2D eigenvalue weighted by atomic mass is 10.1. The number of hydrogen-bond donors (Lipinski definition) is 0. The van der Waals surface area contributed by atoms with Crippen molar-refractivity contribution in [3.8, 4) is 0 Å². The van der Waals surface area contributed by atoms with Gasteiger partial charge in [-0.2, -0.15) is 0 Å². The molecule has 0 saturated carbocycles. The van der Waals surface area contributed by atoms with E-state index in [4.69, 9.17) is 18.5 Å². The number of hydrogen-bond acceptors (Lipinski definition) is 8. The number of carbonyl (C=O) groups excluding carboxylic acids is 2. The molecule has 0 aromatic rings. The maximum Gasteiger partial charge on any atom is 0.306 e. The van der Waals surface area contributed by atoms with Gasteiger partial charge in [0.15, 0.2) is 6.10 Å². The minimum Gasteiger partial charge on any atom is -0.756 e. The van der Waals surface area contributed by atoms with Crippen molar-refractivity contribution in [2.75, 3.05) is 47.5 Å². The molecule has 0 aromatic heterocycles. The van der Waals surface area contributed by atoms with Crippen LogP contribution in [0.5, 0.6) is 0 Å². The second-order valence-corrected chi connectivity index (χ2v) is 21.3. The van der Waals surface area contributed by atoms with Gasteiger partial charge in [0.1, 0.15) is 19.8 Å². The molecule has 0 radical (unpaired) electrons. The molecule has 0 spiro atoms. The largest absolute Gasteiger partial charge is 0.756 e. The van der Waals surface area contributed by atoms with Crippen LogP contribution in [-0.2, 0) is 32.7 Å². The molecule has 428 valence electrons. The molecule has 0 aromatic carbocycles. The predicted molar refractivity (Wildman–Crippen MR) is 323 cm³/mol. The maximum absolute atomic E-state index is 12.8. The van der Waals surface area contributed by atoms with Gasteiger partial charge in [-0.1, -0.05) is 217 Å². The Bertz CT molecular complexity index is 1840. The molecule has 0 amide bonds. The summed E-state index contributed by atoms with van der Waals surface area (Å²) in [6.45, 7) is 3.92. The Morgan fingerprint density at radius 1 is 0.408 bits per heavy atom. The zero-order valence-electron chi connectivity index (χ0n) is 48.4. The molecule has 0 aliphatic heterocycles. The van der Waals surface area contributed by atoms with E-state index in [2.05, 4.69) is 172 Å². The molecule has 0 saturated heterocycles. The van der Waals surface area contributed by atoms with Crippen molar-refractivity contribution in [2.24, 2.45) is 0 Å². The van der Waals surface area contributed by atoms with Crippen molar-refractivity contribution in [1.82, 2.24) is 0 Å². The van der Waals surface area contributed by atoms with Crippen molar-refractivity contribution in [2.45, 2.75) is 200 Å². The van der Waals surface area contributed by atoms with Crippen molar-refractivity contribution in [3.63, 3.8) is 0 Å². The summed E-state index contributed by atoms with van der Waals surface area (Å²) in [6.07, 6.45) is 82.9. The highest BCUT2D eigenvalue weighted by Crippen LogP contribution is 2.38. The van der Waals surface area contributed by atoms with E-state index < -0.39 is 32.5 Å². The molecule has 9 nitrogen and oxygen atoms in total. The van der Waals surface area contributed by atoms with Crippen molar-refractivity contribution in [1.29, 1.82) is 0 Å². The van der Waals surface area contributed by atoms with Gasteiger partial charge in [0.25, 0.3) is 7.82 Å².